The lowest BCUT2D eigenvalue weighted by Crippen LogP contribution is -2.50. The van der Waals surface area contributed by atoms with Crippen LogP contribution in [0.3, 0.4) is 0 Å². The van der Waals surface area contributed by atoms with Crippen LogP contribution in [0.4, 0.5) is 0 Å². The molecule has 0 aliphatic carbocycles. The van der Waals surface area contributed by atoms with E-state index >= 15 is 0 Å². The summed E-state index contributed by atoms with van der Waals surface area (Å²) in [5, 5.41) is 9.94. The predicted molar refractivity (Wildman–Crippen MR) is 72.8 cm³/mol. The highest BCUT2D eigenvalue weighted by atomic mass is 35.5. The fraction of sp³-hybridized carbons (Fsp3) is 0.385. The number of carboxylic acids is 1. The van der Waals surface area contributed by atoms with Crippen LogP contribution in [-0.2, 0) is 4.79 Å². The molecule has 1 aromatic carbocycles. The molecule has 1 atom stereocenters. The molecule has 102 valence electrons. The van der Waals surface area contributed by atoms with Crippen LogP contribution in [0.15, 0.2) is 18.2 Å². The number of amides is 1. The first-order valence-corrected chi connectivity index (χ1v) is 6.62. The van der Waals surface area contributed by atoms with Crippen molar-refractivity contribution in [3.8, 4) is 0 Å². The average Bonchev–Trinajstić information content (AvgIpc) is 2.75. The maximum atomic E-state index is 12.4. The molecule has 2 rings (SSSR count). The summed E-state index contributed by atoms with van der Waals surface area (Å²) in [6, 6.07) is 4.55. The SMILES string of the molecule is CC1(C(=O)O)CCCN1C(=O)c1ccc(Cl)c(Cl)c1. The minimum atomic E-state index is -1.15. The van der Waals surface area contributed by atoms with Crippen LogP contribution in [0.2, 0.25) is 10.0 Å². The summed E-state index contributed by atoms with van der Waals surface area (Å²) in [5.41, 5.74) is -0.799. The zero-order chi connectivity index (χ0) is 14.2. The van der Waals surface area contributed by atoms with Crippen LogP contribution in [-0.4, -0.2) is 34.0 Å². The van der Waals surface area contributed by atoms with Crippen molar-refractivity contribution in [1.29, 1.82) is 0 Å². The van der Waals surface area contributed by atoms with Crippen LogP contribution in [0.1, 0.15) is 30.1 Å². The highest BCUT2D eigenvalue weighted by molar-refractivity contribution is 6.42. The fourth-order valence-corrected chi connectivity index (χ4v) is 2.59. The Morgan fingerprint density at radius 2 is 2.00 bits per heavy atom. The fourth-order valence-electron chi connectivity index (χ4n) is 2.30. The van der Waals surface area contributed by atoms with Crippen molar-refractivity contribution in [1.82, 2.24) is 4.90 Å². The number of halogens is 2. The third kappa shape index (κ3) is 2.42. The molecule has 1 aliphatic rings. The maximum Gasteiger partial charge on any atom is 0.329 e. The molecule has 0 aromatic heterocycles. The number of hydrogen-bond donors (Lipinski definition) is 1. The normalized spacial score (nSPS) is 22.6. The van der Waals surface area contributed by atoms with Gasteiger partial charge >= 0.3 is 5.97 Å². The van der Waals surface area contributed by atoms with Crippen LogP contribution in [0, 0.1) is 0 Å². The molecule has 0 spiro atoms. The Hall–Kier alpha value is -1.26. The number of carbonyl (C=O) groups excluding carboxylic acids is 1. The first-order valence-electron chi connectivity index (χ1n) is 5.86. The van der Waals surface area contributed by atoms with Gasteiger partial charge in [0.2, 0.25) is 0 Å². The van der Waals surface area contributed by atoms with Crippen molar-refractivity contribution < 1.29 is 14.7 Å². The largest absolute Gasteiger partial charge is 0.480 e. The number of benzene rings is 1. The lowest BCUT2D eigenvalue weighted by atomic mass is 9.98. The topological polar surface area (TPSA) is 57.6 Å². The summed E-state index contributed by atoms with van der Waals surface area (Å²) in [6.07, 6.45) is 1.13. The van der Waals surface area contributed by atoms with Crippen LogP contribution < -0.4 is 0 Å². The van der Waals surface area contributed by atoms with E-state index in [1.54, 1.807) is 13.0 Å². The number of likely N-dealkylation sites (tertiary alicyclic amines) is 1. The van der Waals surface area contributed by atoms with Crippen LogP contribution in [0.25, 0.3) is 0 Å². The van der Waals surface area contributed by atoms with Gasteiger partial charge in [-0.05, 0) is 38.0 Å². The summed E-state index contributed by atoms with van der Waals surface area (Å²) in [7, 11) is 0. The van der Waals surface area contributed by atoms with Crippen LogP contribution >= 0.6 is 23.2 Å². The maximum absolute atomic E-state index is 12.4. The van der Waals surface area contributed by atoms with Gasteiger partial charge in [0.25, 0.3) is 5.91 Å². The van der Waals surface area contributed by atoms with Gasteiger partial charge < -0.3 is 10.0 Å². The molecule has 1 heterocycles. The molecule has 1 N–H and O–H groups in total. The van der Waals surface area contributed by atoms with E-state index in [0.29, 0.717) is 30.0 Å². The summed E-state index contributed by atoms with van der Waals surface area (Å²) in [5.74, 6) is -1.32. The number of carbonyl (C=O) groups is 2. The van der Waals surface area contributed by atoms with E-state index in [4.69, 9.17) is 23.2 Å². The quantitative estimate of drug-likeness (QED) is 0.913. The van der Waals surface area contributed by atoms with Gasteiger partial charge in [-0.1, -0.05) is 23.2 Å². The second-order valence-electron chi connectivity index (χ2n) is 4.77. The van der Waals surface area contributed by atoms with Crippen molar-refractivity contribution in [2.45, 2.75) is 25.3 Å². The third-order valence-corrected chi connectivity index (χ3v) is 4.25. The number of hydrogen-bond acceptors (Lipinski definition) is 2. The van der Waals surface area contributed by atoms with Crippen molar-refractivity contribution in [2.75, 3.05) is 6.54 Å². The van der Waals surface area contributed by atoms with Gasteiger partial charge in [0.15, 0.2) is 0 Å². The Bertz CT molecular complexity index is 547. The summed E-state index contributed by atoms with van der Waals surface area (Å²) in [6.45, 7) is 2.00. The second kappa shape index (κ2) is 5.02. The first-order chi connectivity index (χ1) is 8.86. The van der Waals surface area contributed by atoms with E-state index in [9.17, 15) is 14.7 Å². The van der Waals surface area contributed by atoms with Gasteiger partial charge in [-0.3, -0.25) is 4.79 Å². The summed E-state index contributed by atoms with van der Waals surface area (Å²) >= 11 is 11.7. The van der Waals surface area contributed by atoms with Gasteiger partial charge in [-0.25, -0.2) is 4.79 Å². The zero-order valence-corrected chi connectivity index (χ0v) is 11.8. The van der Waals surface area contributed by atoms with Gasteiger partial charge in [-0.2, -0.15) is 0 Å². The molecular formula is C13H13Cl2NO3. The molecule has 1 aromatic rings. The van der Waals surface area contributed by atoms with E-state index in [1.807, 2.05) is 0 Å². The minimum absolute atomic E-state index is 0.281. The smallest absolute Gasteiger partial charge is 0.329 e. The average molecular weight is 302 g/mol. The number of carboxylic acid groups (broad SMARTS) is 1. The van der Waals surface area contributed by atoms with E-state index in [2.05, 4.69) is 0 Å². The molecule has 4 nitrogen and oxygen atoms in total. The Kier molecular flexibility index (Phi) is 3.74. The molecule has 1 aliphatic heterocycles. The van der Waals surface area contributed by atoms with Gasteiger partial charge in [-0.15, -0.1) is 0 Å². The molecule has 6 heteroatoms. The third-order valence-electron chi connectivity index (χ3n) is 3.51. The molecular weight excluding hydrogens is 289 g/mol. The number of rotatable bonds is 2. The minimum Gasteiger partial charge on any atom is -0.480 e. The van der Waals surface area contributed by atoms with Crippen molar-refractivity contribution in [3.63, 3.8) is 0 Å². The zero-order valence-electron chi connectivity index (χ0n) is 10.3. The first kappa shape index (κ1) is 14.2. The molecule has 1 fully saturated rings. The van der Waals surface area contributed by atoms with Crippen molar-refractivity contribution >= 4 is 35.1 Å². The van der Waals surface area contributed by atoms with Crippen molar-refractivity contribution in [2.24, 2.45) is 0 Å². The standard InChI is InChI=1S/C13H13Cl2NO3/c1-13(12(18)19)5-2-6-16(13)11(17)8-3-4-9(14)10(15)7-8/h3-4,7H,2,5-6H2,1H3,(H,18,19). The molecule has 0 saturated carbocycles. The Balaban J connectivity index is 2.33. The van der Waals surface area contributed by atoms with E-state index in [0.717, 1.165) is 0 Å². The van der Waals surface area contributed by atoms with Gasteiger partial charge in [0.1, 0.15) is 5.54 Å². The highest BCUT2D eigenvalue weighted by Crippen LogP contribution is 2.32. The number of aliphatic carboxylic acids is 1. The molecule has 1 saturated heterocycles. The highest BCUT2D eigenvalue weighted by Gasteiger charge is 2.46. The summed E-state index contributed by atoms with van der Waals surface area (Å²) in [4.78, 5) is 25.1. The molecule has 19 heavy (non-hydrogen) atoms. The van der Waals surface area contributed by atoms with E-state index in [1.165, 1.54) is 17.0 Å². The van der Waals surface area contributed by atoms with E-state index < -0.39 is 11.5 Å². The summed E-state index contributed by atoms with van der Waals surface area (Å²) < 4.78 is 0. The molecule has 0 radical (unpaired) electrons. The Morgan fingerprint density at radius 1 is 1.32 bits per heavy atom. The monoisotopic (exact) mass is 301 g/mol. The molecule has 0 bridgehead atoms. The van der Waals surface area contributed by atoms with E-state index in [-0.39, 0.29) is 10.9 Å². The Labute approximate surface area is 120 Å². The van der Waals surface area contributed by atoms with Crippen LogP contribution in [0.5, 0.6) is 0 Å². The van der Waals surface area contributed by atoms with Gasteiger partial charge in [0.05, 0.1) is 10.0 Å². The molecule has 1 amide bonds. The lowest BCUT2D eigenvalue weighted by molar-refractivity contribution is -0.147. The predicted octanol–water partition coefficient (Wildman–Crippen LogP) is 3.07. The Morgan fingerprint density at radius 3 is 2.58 bits per heavy atom. The van der Waals surface area contributed by atoms with Crippen molar-refractivity contribution in [3.05, 3.63) is 33.8 Å². The lowest BCUT2D eigenvalue weighted by Gasteiger charge is -2.31. The molecule has 1 unspecified atom stereocenters. The number of nitrogens with zero attached hydrogens (tertiary/aromatic N) is 1. The van der Waals surface area contributed by atoms with Gasteiger partial charge in [0, 0.05) is 12.1 Å². The second-order valence-corrected chi connectivity index (χ2v) is 5.58.